The Kier molecular flexibility index (Phi) is 10.9. The van der Waals surface area contributed by atoms with Crippen LogP contribution in [-0.2, 0) is 4.74 Å². The zero-order chi connectivity index (χ0) is 31.5. The molecule has 2 atom stereocenters. The molecule has 4 fully saturated rings. The number of hydrogen-bond donors (Lipinski definition) is 0. The summed E-state index contributed by atoms with van der Waals surface area (Å²) in [5, 5.41) is 0. The molecular formula is C40H54F4O. The minimum Gasteiger partial charge on any atom is -0.365 e. The fourth-order valence-electron chi connectivity index (χ4n) is 9.81. The van der Waals surface area contributed by atoms with Gasteiger partial charge in [0.2, 0.25) is 0 Å². The maximum atomic E-state index is 14.7. The molecule has 5 heteroatoms. The number of rotatable bonds is 8. The van der Waals surface area contributed by atoms with Gasteiger partial charge < -0.3 is 4.74 Å². The molecule has 2 unspecified atom stereocenters. The van der Waals surface area contributed by atoms with Crippen molar-refractivity contribution >= 4 is 0 Å². The maximum absolute atomic E-state index is 14.7. The van der Waals surface area contributed by atoms with Gasteiger partial charge in [0.1, 0.15) is 0 Å². The van der Waals surface area contributed by atoms with Gasteiger partial charge in [0.15, 0.2) is 23.3 Å². The largest absolute Gasteiger partial charge is 0.365 e. The number of ether oxygens (including phenoxy) is 1. The first-order chi connectivity index (χ1) is 21.7. The lowest BCUT2D eigenvalue weighted by Crippen LogP contribution is -2.31. The van der Waals surface area contributed by atoms with Gasteiger partial charge in [-0.25, -0.2) is 17.6 Å². The van der Waals surface area contributed by atoms with E-state index in [1.54, 1.807) is 12.1 Å². The molecule has 0 N–H and O–H groups in total. The van der Waals surface area contributed by atoms with Crippen molar-refractivity contribution < 1.29 is 22.3 Å². The first kappa shape index (κ1) is 33.0. The second kappa shape index (κ2) is 14.9. The molecule has 0 saturated heterocycles. The Morgan fingerprint density at radius 1 is 0.444 bits per heavy atom. The molecule has 4 aliphatic carbocycles. The predicted octanol–water partition coefficient (Wildman–Crippen LogP) is 12.3. The van der Waals surface area contributed by atoms with E-state index in [0.29, 0.717) is 11.1 Å². The second-order valence-corrected chi connectivity index (χ2v) is 15.7. The SMILES string of the molecule is CC1CCC(C2CCC(C(OC(c3ccc(F)c(F)c3)C3CCC(C4CCC(C)CC4)CC3)c3ccc(F)c(F)c3)CC2)CC1. The normalized spacial score (nSPS) is 34.3. The van der Waals surface area contributed by atoms with Crippen molar-refractivity contribution in [2.45, 2.75) is 129 Å². The molecule has 2 aromatic carbocycles. The highest BCUT2D eigenvalue weighted by Crippen LogP contribution is 2.50. The standard InChI is InChI=1S/C40H54F4O/c1-25-3-7-27(8-4-25)29-11-15-31(16-12-29)39(33-19-21-35(41)37(43)23-33)45-40(34-20-22-36(42)38(44)24-34)32-17-13-30(14-18-32)28-9-5-26(2)6-10-28/h19-32,39-40H,3-18H2,1-2H3. The molecule has 0 heterocycles. The van der Waals surface area contributed by atoms with Gasteiger partial charge in [-0.15, -0.1) is 0 Å². The topological polar surface area (TPSA) is 9.23 Å². The third-order valence-electron chi connectivity index (χ3n) is 12.8. The molecular weight excluding hydrogens is 572 g/mol. The zero-order valence-electron chi connectivity index (χ0n) is 27.5. The van der Waals surface area contributed by atoms with E-state index in [0.717, 1.165) is 86.9 Å². The fraction of sp³-hybridized carbons (Fsp3) is 0.700. The van der Waals surface area contributed by atoms with Crippen LogP contribution in [0.25, 0.3) is 0 Å². The lowest BCUT2D eigenvalue weighted by atomic mass is 9.67. The van der Waals surface area contributed by atoms with Gasteiger partial charge in [-0.3, -0.25) is 0 Å². The Morgan fingerprint density at radius 2 is 0.756 bits per heavy atom. The molecule has 1 nitrogen and oxygen atoms in total. The molecule has 6 rings (SSSR count). The summed E-state index contributed by atoms with van der Waals surface area (Å²) in [5.41, 5.74) is 1.31. The monoisotopic (exact) mass is 626 g/mol. The number of halogens is 4. The van der Waals surface area contributed by atoms with Crippen molar-refractivity contribution in [1.29, 1.82) is 0 Å². The lowest BCUT2D eigenvalue weighted by molar-refractivity contribution is -0.0936. The van der Waals surface area contributed by atoms with Crippen molar-refractivity contribution in [2.24, 2.45) is 47.3 Å². The maximum Gasteiger partial charge on any atom is 0.159 e. The summed E-state index contributed by atoms with van der Waals surface area (Å²) < 4.78 is 64.7. The fourth-order valence-corrected chi connectivity index (χ4v) is 9.81. The van der Waals surface area contributed by atoms with E-state index in [1.807, 2.05) is 0 Å². The van der Waals surface area contributed by atoms with Crippen LogP contribution < -0.4 is 0 Å². The molecule has 0 spiro atoms. The van der Waals surface area contributed by atoms with E-state index in [-0.39, 0.29) is 11.8 Å². The summed E-state index contributed by atoms with van der Waals surface area (Å²) in [7, 11) is 0. The van der Waals surface area contributed by atoms with Crippen LogP contribution in [0.3, 0.4) is 0 Å². The van der Waals surface area contributed by atoms with Crippen molar-refractivity contribution in [3.05, 3.63) is 70.8 Å². The molecule has 0 aliphatic heterocycles. The van der Waals surface area contributed by atoms with Crippen LogP contribution in [0.15, 0.2) is 36.4 Å². The summed E-state index contributed by atoms with van der Waals surface area (Å²) in [5.74, 6) is 1.58. The molecule has 45 heavy (non-hydrogen) atoms. The molecule has 4 aliphatic rings. The smallest absolute Gasteiger partial charge is 0.159 e. The van der Waals surface area contributed by atoms with E-state index < -0.39 is 35.5 Å². The van der Waals surface area contributed by atoms with Gasteiger partial charge in [-0.1, -0.05) is 51.7 Å². The summed E-state index contributed by atoms with van der Waals surface area (Å²) in [4.78, 5) is 0. The Hall–Kier alpha value is -1.88. The summed E-state index contributed by atoms with van der Waals surface area (Å²) in [6, 6.07) is 8.36. The highest BCUT2D eigenvalue weighted by atomic mass is 19.2. The predicted molar refractivity (Wildman–Crippen MR) is 172 cm³/mol. The quantitative estimate of drug-likeness (QED) is 0.265. The molecule has 4 saturated carbocycles. The Labute approximate surface area is 268 Å². The minimum atomic E-state index is -0.863. The van der Waals surface area contributed by atoms with Crippen LogP contribution in [0.1, 0.15) is 140 Å². The summed E-state index contributed by atoms with van der Waals surface area (Å²) in [6.07, 6.45) is 18.2. The molecule has 248 valence electrons. The molecule has 0 aromatic heterocycles. The Morgan fingerprint density at radius 3 is 1.07 bits per heavy atom. The van der Waals surface area contributed by atoms with Gasteiger partial charge >= 0.3 is 0 Å². The van der Waals surface area contributed by atoms with E-state index in [9.17, 15) is 17.6 Å². The minimum absolute atomic E-state index is 0.169. The van der Waals surface area contributed by atoms with Crippen LogP contribution >= 0.6 is 0 Å². The average Bonchev–Trinajstić information content (AvgIpc) is 3.05. The van der Waals surface area contributed by atoms with Crippen molar-refractivity contribution in [2.75, 3.05) is 0 Å². The van der Waals surface area contributed by atoms with Gasteiger partial charge in [-0.05, 0) is 160 Å². The molecule has 0 bridgehead atoms. The van der Waals surface area contributed by atoms with Gasteiger partial charge in [0, 0.05) is 0 Å². The van der Waals surface area contributed by atoms with E-state index >= 15 is 0 Å². The number of benzene rings is 2. The lowest BCUT2D eigenvalue weighted by Gasteiger charge is -2.43. The molecule has 2 aromatic rings. The van der Waals surface area contributed by atoms with Crippen molar-refractivity contribution in [1.82, 2.24) is 0 Å². The van der Waals surface area contributed by atoms with Crippen LogP contribution in [0.5, 0.6) is 0 Å². The van der Waals surface area contributed by atoms with Gasteiger partial charge in [0.25, 0.3) is 0 Å². The third kappa shape index (κ3) is 7.99. The second-order valence-electron chi connectivity index (χ2n) is 15.7. The summed E-state index contributed by atoms with van der Waals surface area (Å²) >= 11 is 0. The van der Waals surface area contributed by atoms with Crippen molar-refractivity contribution in [3.63, 3.8) is 0 Å². The van der Waals surface area contributed by atoms with Crippen molar-refractivity contribution in [3.8, 4) is 0 Å². The van der Waals surface area contributed by atoms with Crippen LogP contribution in [-0.4, -0.2) is 0 Å². The third-order valence-corrected chi connectivity index (χ3v) is 12.8. The van der Waals surface area contributed by atoms with E-state index in [1.165, 1.54) is 75.6 Å². The van der Waals surface area contributed by atoms with Crippen LogP contribution in [0.2, 0.25) is 0 Å². The van der Waals surface area contributed by atoms with E-state index in [4.69, 9.17) is 4.74 Å². The Bertz CT molecular complexity index is 1140. The number of hydrogen-bond acceptors (Lipinski definition) is 1. The van der Waals surface area contributed by atoms with Gasteiger partial charge in [0.05, 0.1) is 12.2 Å². The van der Waals surface area contributed by atoms with Gasteiger partial charge in [-0.2, -0.15) is 0 Å². The van der Waals surface area contributed by atoms with Crippen LogP contribution in [0, 0.1) is 70.6 Å². The summed E-state index contributed by atoms with van der Waals surface area (Å²) in [6.45, 7) is 4.73. The highest BCUT2D eigenvalue weighted by Gasteiger charge is 2.39. The first-order valence-corrected chi connectivity index (χ1v) is 18.3. The van der Waals surface area contributed by atoms with E-state index in [2.05, 4.69) is 13.8 Å². The highest BCUT2D eigenvalue weighted by molar-refractivity contribution is 5.24. The average molecular weight is 627 g/mol. The van der Waals surface area contributed by atoms with Crippen LogP contribution in [0.4, 0.5) is 17.6 Å². The molecule has 0 radical (unpaired) electrons. The first-order valence-electron chi connectivity index (χ1n) is 18.3. The molecule has 0 amide bonds. The Balaban J connectivity index is 1.22. The zero-order valence-corrected chi connectivity index (χ0v) is 27.5.